The van der Waals surface area contributed by atoms with Crippen LogP contribution < -0.4 is 0 Å². The Morgan fingerprint density at radius 2 is 2.14 bits per heavy atom. The van der Waals surface area contributed by atoms with Crippen molar-refractivity contribution in [3.63, 3.8) is 0 Å². The Bertz CT molecular complexity index is 382. The molecule has 1 aromatic rings. The van der Waals surface area contributed by atoms with Gasteiger partial charge in [0.05, 0.1) is 9.70 Å². The van der Waals surface area contributed by atoms with Crippen molar-refractivity contribution in [1.29, 1.82) is 0 Å². The fraction of sp³-hybridized carbons (Fsp3) is 0.333. The Labute approximate surface area is 100 Å². The SMILES string of the molecule is Cc1sc(C(=O)S)cc1C(=O)C(C)Br. The second-order valence-corrected chi connectivity index (χ2v) is 5.90. The van der Waals surface area contributed by atoms with E-state index in [4.69, 9.17) is 0 Å². The van der Waals surface area contributed by atoms with Gasteiger partial charge in [0, 0.05) is 10.4 Å². The van der Waals surface area contributed by atoms with Crippen molar-refractivity contribution in [3.8, 4) is 0 Å². The Morgan fingerprint density at radius 3 is 2.50 bits per heavy atom. The fourth-order valence-electron chi connectivity index (χ4n) is 1.05. The number of hydrogen-bond donors (Lipinski definition) is 1. The molecular formula is C9H9BrO2S2. The zero-order valence-electron chi connectivity index (χ0n) is 7.70. The van der Waals surface area contributed by atoms with Crippen LogP contribution in [0.15, 0.2) is 6.07 Å². The standard InChI is InChI=1S/C9H9BrO2S2/c1-4(10)8(11)6-3-7(9(12)13)14-5(6)2/h3-4H,1-2H3,(H,12,13). The Balaban J connectivity index is 3.11. The number of hydrogen-bond acceptors (Lipinski definition) is 3. The maximum atomic E-state index is 11.6. The summed E-state index contributed by atoms with van der Waals surface area (Å²) in [5.74, 6) is -0.000386. The van der Waals surface area contributed by atoms with Gasteiger partial charge >= 0.3 is 0 Å². The average molecular weight is 293 g/mol. The molecule has 76 valence electrons. The largest absolute Gasteiger partial charge is 0.293 e. The molecule has 0 bridgehead atoms. The van der Waals surface area contributed by atoms with Gasteiger partial charge in [-0.2, -0.15) is 0 Å². The van der Waals surface area contributed by atoms with Gasteiger partial charge in [0.25, 0.3) is 0 Å². The minimum Gasteiger partial charge on any atom is -0.293 e. The van der Waals surface area contributed by atoms with E-state index in [1.54, 1.807) is 13.0 Å². The van der Waals surface area contributed by atoms with Crippen molar-refractivity contribution in [1.82, 2.24) is 0 Å². The summed E-state index contributed by atoms with van der Waals surface area (Å²) >= 11 is 8.23. The summed E-state index contributed by atoms with van der Waals surface area (Å²) in [4.78, 5) is 23.7. The summed E-state index contributed by atoms with van der Waals surface area (Å²) in [7, 11) is 0. The van der Waals surface area contributed by atoms with E-state index in [2.05, 4.69) is 28.6 Å². The summed E-state index contributed by atoms with van der Waals surface area (Å²) in [6.07, 6.45) is 0. The van der Waals surface area contributed by atoms with Gasteiger partial charge in [-0.1, -0.05) is 28.6 Å². The normalized spacial score (nSPS) is 12.6. The third-order valence-electron chi connectivity index (χ3n) is 1.76. The quantitative estimate of drug-likeness (QED) is 0.528. The smallest absolute Gasteiger partial charge is 0.226 e. The second-order valence-electron chi connectivity index (χ2n) is 2.87. The highest BCUT2D eigenvalue weighted by atomic mass is 79.9. The van der Waals surface area contributed by atoms with Crippen LogP contribution in [0.1, 0.15) is 31.8 Å². The van der Waals surface area contributed by atoms with Gasteiger partial charge in [-0.25, -0.2) is 0 Å². The molecule has 0 aromatic carbocycles. The minimum absolute atomic E-state index is 0.000386. The van der Waals surface area contributed by atoms with Crippen LogP contribution in [0, 0.1) is 6.92 Å². The Kier molecular flexibility index (Phi) is 3.92. The van der Waals surface area contributed by atoms with E-state index in [-0.39, 0.29) is 15.7 Å². The first kappa shape index (κ1) is 11.9. The molecule has 2 nitrogen and oxygen atoms in total. The van der Waals surface area contributed by atoms with E-state index in [0.717, 1.165) is 4.88 Å². The van der Waals surface area contributed by atoms with Crippen molar-refractivity contribution in [2.24, 2.45) is 0 Å². The van der Waals surface area contributed by atoms with Gasteiger partial charge in [-0.3, -0.25) is 9.59 Å². The minimum atomic E-state index is -0.292. The zero-order valence-corrected chi connectivity index (χ0v) is 11.0. The van der Waals surface area contributed by atoms with E-state index in [9.17, 15) is 9.59 Å². The van der Waals surface area contributed by atoms with Crippen LogP contribution in [0.2, 0.25) is 0 Å². The fourth-order valence-corrected chi connectivity index (χ4v) is 2.36. The van der Waals surface area contributed by atoms with Crippen LogP contribution in [0.25, 0.3) is 0 Å². The molecule has 0 fully saturated rings. The molecule has 5 heteroatoms. The molecule has 0 spiro atoms. The number of aryl methyl sites for hydroxylation is 1. The zero-order chi connectivity index (χ0) is 10.9. The molecule has 0 aliphatic heterocycles. The number of halogens is 1. The molecule has 0 saturated heterocycles. The highest BCUT2D eigenvalue weighted by Crippen LogP contribution is 2.25. The Morgan fingerprint density at radius 1 is 1.57 bits per heavy atom. The molecule has 1 unspecified atom stereocenters. The molecule has 1 atom stereocenters. The first-order chi connectivity index (χ1) is 6.43. The number of carbonyl (C=O) groups excluding carboxylic acids is 2. The van der Waals surface area contributed by atoms with E-state index >= 15 is 0 Å². The lowest BCUT2D eigenvalue weighted by molar-refractivity contribution is 0.0995. The molecule has 14 heavy (non-hydrogen) atoms. The summed E-state index contributed by atoms with van der Waals surface area (Å²) in [6, 6.07) is 1.61. The number of ketones is 1. The van der Waals surface area contributed by atoms with Crippen molar-refractivity contribution in [2.75, 3.05) is 0 Å². The molecule has 0 N–H and O–H groups in total. The van der Waals surface area contributed by atoms with Crippen LogP contribution in [-0.4, -0.2) is 15.7 Å². The van der Waals surface area contributed by atoms with Gasteiger partial charge in [-0.05, 0) is 19.9 Å². The Hall–Kier alpha value is -0.130. The molecule has 0 amide bonds. The van der Waals surface area contributed by atoms with E-state index in [1.807, 2.05) is 6.92 Å². The number of Topliss-reactive ketones (excluding diaryl/α,β-unsaturated/α-hetero) is 1. The van der Waals surface area contributed by atoms with E-state index < -0.39 is 0 Å². The molecule has 0 aliphatic rings. The number of alkyl halides is 1. The van der Waals surface area contributed by atoms with Crippen molar-refractivity contribution in [2.45, 2.75) is 18.7 Å². The van der Waals surface area contributed by atoms with Crippen LogP contribution in [0.5, 0.6) is 0 Å². The average Bonchev–Trinajstić information content (AvgIpc) is 2.46. The lowest BCUT2D eigenvalue weighted by Gasteiger charge is -1.99. The molecule has 0 radical (unpaired) electrons. The van der Waals surface area contributed by atoms with Crippen LogP contribution in [0.3, 0.4) is 0 Å². The first-order valence-electron chi connectivity index (χ1n) is 3.95. The molecule has 1 rings (SSSR count). The predicted octanol–water partition coefficient (Wildman–Crippen LogP) is 3.09. The molecular weight excluding hydrogens is 284 g/mol. The predicted molar refractivity (Wildman–Crippen MR) is 65.1 cm³/mol. The summed E-state index contributed by atoms with van der Waals surface area (Å²) in [5, 5.41) is -0.292. The lowest BCUT2D eigenvalue weighted by atomic mass is 10.1. The second kappa shape index (κ2) is 4.59. The summed E-state index contributed by atoms with van der Waals surface area (Å²) < 4.78 is 0. The third kappa shape index (κ3) is 2.46. The number of rotatable bonds is 3. The summed E-state index contributed by atoms with van der Waals surface area (Å²) in [5.41, 5.74) is 0.608. The number of carbonyl (C=O) groups is 2. The molecule has 1 aromatic heterocycles. The van der Waals surface area contributed by atoms with Crippen molar-refractivity contribution in [3.05, 3.63) is 21.4 Å². The van der Waals surface area contributed by atoms with Gasteiger partial charge in [0.15, 0.2) is 5.78 Å². The van der Waals surface area contributed by atoms with Gasteiger partial charge in [-0.15, -0.1) is 11.3 Å². The van der Waals surface area contributed by atoms with E-state index in [1.165, 1.54) is 11.3 Å². The maximum absolute atomic E-state index is 11.6. The number of thiol groups is 1. The highest BCUT2D eigenvalue weighted by molar-refractivity contribution is 9.10. The lowest BCUT2D eigenvalue weighted by Crippen LogP contribution is -2.09. The number of thiophene rings is 1. The maximum Gasteiger partial charge on any atom is 0.226 e. The van der Waals surface area contributed by atoms with Crippen LogP contribution in [-0.2, 0) is 0 Å². The molecule has 0 aliphatic carbocycles. The highest BCUT2D eigenvalue weighted by Gasteiger charge is 2.18. The first-order valence-corrected chi connectivity index (χ1v) is 6.13. The van der Waals surface area contributed by atoms with Gasteiger partial charge in [0.1, 0.15) is 0 Å². The molecule has 1 heterocycles. The molecule has 0 saturated carbocycles. The van der Waals surface area contributed by atoms with Gasteiger partial charge in [0.2, 0.25) is 5.12 Å². The summed E-state index contributed by atoms with van der Waals surface area (Å²) in [6.45, 7) is 3.59. The van der Waals surface area contributed by atoms with Crippen molar-refractivity contribution >= 4 is 50.8 Å². The van der Waals surface area contributed by atoms with Gasteiger partial charge < -0.3 is 0 Å². The topological polar surface area (TPSA) is 34.1 Å². The van der Waals surface area contributed by atoms with Crippen LogP contribution in [0.4, 0.5) is 0 Å². The van der Waals surface area contributed by atoms with Crippen LogP contribution >= 0.6 is 39.9 Å². The van der Waals surface area contributed by atoms with E-state index in [0.29, 0.717) is 10.4 Å². The monoisotopic (exact) mass is 292 g/mol. The third-order valence-corrected chi connectivity index (χ3v) is 3.61. The van der Waals surface area contributed by atoms with Crippen molar-refractivity contribution < 1.29 is 9.59 Å².